The number of rotatable bonds is 2. The normalized spacial score (nSPS) is 8.62. The van der Waals surface area contributed by atoms with E-state index in [-0.39, 0.29) is 0 Å². The van der Waals surface area contributed by atoms with Crippen molar-refractivity contribution < 1.29 is 0 Å². The maximum Gasteiger partial charge on any atom is 0.0991 e. The summed E-state index contributed by atoms with van der Waals surface area (Å²) >= 11 is 0. The predicted octanol–water partition coefficient (Wildman–Crippen LogP) is 2.68. The Hall–Kier alpha value is -1.98. The van der Waals surface area contributed by atoms with Crippen molar-refractivity contribution in [3.8, 4) is 6.07 Å². The average Bonchev–Trinajstić information content (AvgIpc) is 2.16. The van der Waals surface area contributed by atoms with Crippen molar-refractivity contribution in [1.29, 1.82) is 5.26 Å². The van der Waals surface area contributed by atoms with Gasteiger partial charge in [-0.05, 0) is 35.7 Å². The molecule has 0 spiro atoms. The molecule has 64 valence electrons. The Morgan fingerprint density at radius 2 is 2.38 bits per heavy atom. The van der Waals surface area contributed by atoms with Crippen LogP contribution in [0.25, 0.3) is 10.4 Å². The van der Waals surface area contributed by atoms with Crippen LogP contribution in [0.1, 0.15) is 16.7 Å². The molecule has 0 heterocycles. The SMILES string of the molecule is Cc1cc(C#N)ccc1CN=[N+]=[N-]. The largest absolute Gasteiger partial charge is 0.192 e. The Labute approximate surface area is 76.1 Å². The van der Waals surface area contributed by atoms with E-state index >= 15 is 0 Å². The van der Waals surface area contributed by atoms with Crippen LogP contribution in [0.15, 0.2) is 23.3 Å². The fourth-order valence-electron chi connectivity index (χ4n) is 1.05. The highest BCUT2D eigenvalue weighted by Crippen LogP contribution is 2.11. The van der Waals surface area contributed by atoms with Gasteiger partial charge in [-0.25, -0.2) is 0 Å². The predicted molar refractivity (Wildman–Crippen MR) is 48.7 cm³/mol. The lowest BCUT2D eigenvalue weighted by molar-refractivity contribution is 1.03. The molecular weight excluding hydrogens is 164 g/mol. The summed E-state index contributed by atoms with van der Waals surface area (Å²) in [6.45, 7) is 2.23. The minimum atomic E-state index is 0.341. The van der Waals surface area contributed by atoms with Gasteiger partial charge >= 0.3 is 0 Å². The molecule has 1 aromatic rings. The van der Waals surface area contributed by atoms with Crippen LogP contribution in [0.4, 0.5) is 0 Å². The Morgan fingerprint density at radius 1 is 1.62 bits per heavy atom. The minimum absolute atomic E-state index is 0.341. The summed E-state index contributed by atoms with van der Waals surface area (Å²) in [4.78, 5) is 2.67. The van der Waals surface area contributed by atoms with Gasteiger partial charge < -0.3 is 0 Å². The van der Waals surface area contributed by atoms with E-state index in [0.717, 1.165) is 11.1 Å². The van der Waals surface area contributed by atoms with Crippen molar-refractivity contribution in [1.82, 2.24) is 0 Å². The lowest BCUT2D eigenvalue weighted by Gasteiger charge is -2.00. The second kappa shape index (κ2) is 4.15. The highest BCUT2D eigenvalue weighted by molar-refractivity contribution is 5.37. The minimum Gasteiger partial charge on any atom is -0.192 e. The fourth-order valence-corrected chi connectivity index (χ4v) is 1.05. The maximum atomic E-state index is 8.60. The molecule has 0 radical (unpaired) electrons. The summed E-state index contributed by atoms with van der Waals surface area (Å²) in [5.41, 5.74) is 10.7. The van der Waals surface area contributed by atoms with Crippen LogP contribution in [0.5, 0.6) is 0 Å². The van der Waals surface area contributed by atoms with E-state index in [2.05, 4.69) is 10.0 Å². The first-order chi connectivity index (χ1) is 6.27. The number of benzene rings is 1. The van der Waals surface area contributed by atoms with Crippen LogP contribution in [0, 0.1) is 18.3 Å². The van der Waals surface area contributed by atoms with Crippen molar-refractivity contribution in [2.75, 3.05) is 0 Å². The Morgan fingerprint density at radius 3 is 2.92 bits per heavy atom. The zero-order valence-electron chi connectivity index (χ0n) is 7.23. The quantitative estimate of drug-likeness (QED) is 0.384. The first-order valence-electron chi connectivity index (χ1n) is 3.78. The Bertz CT molecular complexity index is 397. The van der Waals surface area contributed by atoms with E-state index in [1.807, 2.05) is 19.1 Å². The molecule has 0 unspecified atom stereocenters. The molecule has 0 saturated carbocycles. The molecule has 4 nitrogen and oxygen atoms in total. The number of azide groups is 1. The first-order valence-corrected chi connectivity index (χ1v) is 3.78. The highest BCUT2D eigenvalue weighted by Gasteiger charge is 1.97. The molecule has 0 aliphatic heterocycles. The van der Waals surface area contributed by atoms with E-state index in [1.165, 1.54) is 0 Å². The van der Waals surface area contributed by atoms with Crippen molar-refractivity contribution in [3.63, 3.8) is 0 Å². The first kappa shape index (κ1) is 9.11. The van der Waals surface area contributed by atoms with Gasteiger partial charge in [-0.2, -0.15) is 5.26 Å². The molecule has 0 aliphatic carbocycles. The second-order valence-corrected chi connectivity index (χ2v) is 2.64. The summed E-state index contributed by atoms with van der Waals surface area (Å²) in [6.07, 6.45) is 0. The molecule has 0 aromatic heterocycles. The Kier molecular flexibility index (Phi) is 2.91. The van der Waals surface area contributed by atoms with Crippen LogP contribution in [-0.4, -0.2) is 0 Å². The highest BCUT2D eigenvalue weighted by atomic mass is 15.1. The van der Waals surface area contributed by atoms with Gasteiger partial charge in [0.05, 0.1) is 18.2 Å². The topological polar surface area (TPSA) is 72.5 Å². The summed E-state index contributed by atoms with van der Waals surface area (Å²) in [6, 6.07) is 7.35. The van der Waals surface area contributed by atoms with Crippen LogP contribution >= 0.6 is 0 Å². The molecule has 0 atom stereocenters. The molecule has 0 N–H and O–H groups in total. The Balaban J connectivity index is 2.99. The zero-order chi connectivity index (χ0) is 9.68. The fraction of sp³-hybridized carbons (Fsp3) is 0.222. The molecule has 0 fully saturated rings. The van der Waals surface area contributed by atoms with Gasteiger partial charge in [0.1, 0.15) is 0 Å². The van der Waals surface area contributed by atoms with Crippen LogP contribution in [0.2, 0.25) is 0 Å². The third-order valence-electron chi connectivity index (χ3n) is 1.78. The molecule has 0 amide bonds. The third kappa shape index (κ3) is 2.22. The standard InChI is InChI=1S/C9H8N4/c1-7-4-8(5-10)2-3-9(7)6-12-13-11/h2-4H,6H2,1H3. The van der Waals surface area contributed by atoms with Gasteiger partial charge in [-0.15, -0.1) is 0 Å². The molecule has 4 heteroatoms. The molecule has 1 rings (SSSR count). The number of hydrogen-bond donors (Lipinski definition) is 0. The summed E-state index contributed by atoms with van der Waals surface area (Å²) < 4.78 is 0. The molecular formula is C9H8N4. The van der Waals surface area contributed by atoms with E-state index in [0.29, 0.717) is 12.1 Å². The molecule has 0 saturated heterocycles. The monoisotopic (exact) mass is 172 g/mol. The molecule has 1 aromatic carbocycles. The zero-order valence-corrected chi connectivity index (χ0v) is 7.23. The lowest BCUT2D eigenvalue weighted by Crippen LogP contribution is -1.87. The van der Waals surface area contributed by atoms with Crippen LogP contribution in [0.3, 0.4) is 0 Å². The van der Waals surface area contributed by atoms with E-state index in [4.69, 9.17) is 10.8 Å². The van der Waals surface area contributed by atoms with Crippen molar-refractivity contribution in [2.24, 2.45) is 5.11 Å². The summed E-state index contributed by atoms with van der Waals surface area (Å²) in [5, 5.41) is 12.1. The van der Waals surface area contributed by atoms with Crippen molar-refractivity contribution in [3.05, 3.63) is 45.3 Å². The molecule has 13 heavy (non-hydrogen) atoms. The maximum absolute atomic E-state index is 8.60. The summed E-state index contributed by atoms with van der Waals surface area (Å²) in [7, 11) is 0. The van der Waals surface area contributed by atoms with Crippen LogP contribution < -0.4 is 0 Å². The number of hydrogen-bond acceptors (Lipinski definition) is 2. The van der Waals surface area contributed by atoms with Crippen molar-refractivity contribution >= 4 is 0 Å². The smallest absolute Gasteiger partial charge is 0.0991 e. The van der Waals surface area contributed by atoms with E-state index in [1.54, 1.807) is 12.1 Å². The van der Waals surface area contributed by atoms with Crippen molar-refractivity contribution in [2.45, 2.75) is 13.5 Å². The van der Waals surface area contributed by atoms with Gasteiger partial charge in [0, 0.05) is 4.91 Å². The molecule has 0 aliphatic rings. The second-order valence-electron chi connectivity index (χ2n) is 2.64. The molecule has 0 bridgehead atoms. The third-order valence-corrected chi connectivity index (χ3v) is 1.78. The van der Waals surface area contributed by atoms with Gasteiger partial charge in [0.15, 0.2) is 0 Å². The lowest BCUT2D eigenvalue weighted by atomic mass is 10.1. The number of nitriles is 1. The van der Waals surface area contributed by atoms with E-state index < -0.39 is 0 Å². The van der Waals surface area contributed by atoms with Gasteiger partial charge in [0.25, 0.3) is 0 Å². The van der Waals surface area contributed by atoms with Gasteiger partial charge in [-0.3, -0.25) is 0 Å². The average molecular weight is 172 g/mol. The summed E-state index contributed by atoms with van der Waals surface area (Å²) in [5.74, 6) is 0. The van der Waals surface area contributed by atoms with Gasteiger partial charge in [-0.1, -0.05) is 11.2 Å². The number of aryl methyl sites for hydroxylation is 1. The van der Waals surface area contributed by atoms with E-state index in [9.17, 15) is 0 Å². The number of nitrogens with zero attached hydrogens (tertiary/aromatic N) is 4. The van der Waals surface area contributed by atoms with Crippen LogP contribution in [-0.2, 0) is 6.54 Å². The van der Waals surface area contributed by atoms with Gasteiger partial charge in [0.2, 0.25) is 0 Å².